The maximum atomic E-state index is 12.4. The van der Waals surface area contributed by atoms with Crippen LogP contribution < -0.4 is 5.73 Å². The fraction of sp³-hybridized carbons (Fsp3) is 0.667. The Morgan fingerprint density at radius 2 is 1.97 bits per heavy atom. The molecular weight excluding hydrogens is 493 g/mol. The molecule has 180 valence electrons. The first-order valence-corrected chi connectivity index (χ1v) is 13.1. The SMILES string of the molecule is CC(C)CS(=O)(=O)C(OCC1OC(n2cnc3c(N)nc(Cl)nc32)C(O)C1O)P(=O)(O)O. The number of hydrogen-bond donors (Lipinski definition) is 5. The van der Waals surface area contributed by atoms with Crippen LogP contribution >= 0.6 is 19.2 Å². The lowest BCUT2D eigenvalue weighted by molar-refractivity contribution is -0.0648. The number of rotatable bonds is 8. The molecule has 0 aliphatic carbocycles. The quantitative estimate of drug-likeness (QED) is 0.215. The number of nitrogens with zero attached hydrogens (tertiary/aromatic N) is 4. The standard InChI is InChI=1S/C15H23ClN5O9PS/c1-6(2)4-32(27,28)15(31(24,25)26)29-3-7-9(22)10(23)13(30-7)21-5-18-8-11(17)19-14(16)20-12(8)21/h5-7,9-10,13,15,22-23H,3-4H2,1-2H3,(H2,17,19,20)(H2,24,25,26). The highest BCUT2D eigenvalue weighted by atomic mass is 35.5. The molecule has 1 aliphatic heterocycles. The highest BCUT2D eigenvalue weighted by molar-refractivity contribution is 7.98. The number of fused-ring (bicyclic) bond motifs is 1. The number of aromatic nitrogens is 4. The van der Waals surface area contributed by atoms with Gasteiger partial charge in [0.05, 0.1) is 18.7 Å². The molecule has 1 saturated heterocycles. The van der Waals surface area contributed by atoms with E-state index in [1.165, 1.54) is 10.9 Å². The van der Waals surface area contributed by atoms with Crippen LogP contribution in [0.2, 0.25) is 5.28 Å². The van der Waals surface area contributed by atoms with Gasteiger partial charge in [0.15, 0.2) is 27.5 Å². The Morgan fingerprint density at radius 1 is 1.31 bits per heavy atom. The summed E-state index contributed by atoms with van der Waals surface area (Å²) in [6.07, 6.45) is -4.49. The monoisotopic (exact) mass is 515 g/mol. The van der Waals surface area contributed by atoms with Crippen molar-refractivity contribution in [2.75, 3.05) is 18.1 Å². The molecule has 6 N–H and O–H groups in total. The van der Waals surface area contributed by atoms with Gasteiger partial charge in [0.2, 0.25) is 5.28 Å². The van der Waals surface area contributed by atoms with E-state index < -0.39 is 65.4 Å². The van der Waals surface area contributed by atoms with Crippen LogP contribution in [0, 0.1) is 5.92 Å². The number of imidazole rings is 1. The molecule has 2 aromatic rings. The van der Waals surface area contributed by atoms with Gasteiger partial charge in [-0.3, -0.25) is 9.13 Å². The first-order valence-electron chi connectivity index (χ1n) is 9.28. The maximum Gasteiger partial charge on any atom is 0.369 e. The third-order valence-electron chi connectivity index (χ3n) is 4.58. The molecule has 17 heteroatoms. The molecule has 0 saturated carbocycles. The number of anilines is 1. The summed E-state index contributed by atoms with van der Waals surface area (Å²) >= 11 is 5.81. The number of ether oxygens (including phenoxy) is 2. The van der Waals surface area contributed by atoms with E-state index in [2.05, 4.69) is 15.0 Å². The van der Waals surface area contributed by atoms with Crippen molar-refractivity contribution in [3.63, 3.8) is 0 Å². The fourth-order valence-electron chi connectivity index (χ4n) is 3.33. The van der Waals surface area contributed by atoms with Gasteiger partial charge in [-0.15, -0.1) is 0 Å². The number of nitrogens with two attached hydrogens (primary N) is 1. The molecule has 3 heterocycles. The van der Waals surface area contributed by atoms with Crippen LogP contribution in [0.5, 0.6) is 0 Å². The van der Waals surface area contributed by atoms with Crippen molar-refractivity contribution in [3.05, 3.63) is 11.6 Å². The van der Waals surface area contributed by atoms with Crippen LogP contribution in [0.25, 0.3) is 11.2 Å². The summed E-state index contributed by atoms with van der Waals surface area (Å²) in [6, 6.07) is 0. The second-order valence-corrected chi connectivity index (χ2v) is 12.1. The van der Waals surface area contributed by atoms with E-state index in [9.17, 15) is 33.0 Å². The molecule has 0 amide bonds. The first-order chi connectivity index (χ1) is 14.7. The van der Waals surface area contributed by atoms with Crippen molar-refractivity contribution in [3.8, 4) is 0 Å². The largest absolute Gasteiger partial charge is 0.387 e. The second kappa shape index (κ2) is 9.08. The number of aliphatic hydroxyl groups is 2. The van der Waals surface area contributed by atoms with Gasteiger partial charge in [0.25, 0.3) is 5.18 Å². The van der Waals surface area contributed by atoms with E-state index in [0.717, 1.165) is 0 Å². The van der Waals surface area contributed by atoms with Crippen LogP contribution in [0.1, 0.15) is 20.1 Å². The lowest BCUT2D eigenvalue weighted by atomic mass is 10.1. The van der Waals surface area contributed by atoms with Crippen molar-refractivity contribution in [1.82, 2.24) is 19.5 Å². The van der Waals surface area contributed by atoms with E-state index in [1.54, 1.807) is 13.8 Å². The van der Waals surface area contributed by atoms with Gasteiger partial charge in [0, 0.05) is 0 Å². The van der Waals surface area contributed by atoms with Gasteiger partial charge < -0.3 is 35.2 Å². The number of aliphatic hydroxyl groups excluding tert-OH is 2. The minimum absolute atomic E-state index is 0.0217. The maximum absolute atomic E-state index is 12.4. The molecule has 1 aliphatic rings. The van der Waals surface area contributed by atoms with E-state index in [0.29, 0.717) is 0 Å². The van der Waals surface area contributed by atoms with Gasteiger partial charge in [-0.25, -0.2) is 13.4 Å². The molecule has 14 nitrogen and oxygen atoms in total. The molecule has 5 atom stereocenters. The molecule has 1 fully saturated rings. The zero-order valence-corrected chi connectivity index (χ0v) is 19.4. The summed E-state index contributed by atoms with van der Waals surface area (Å²) in [5.41, 5.74) is 6.01. The predicted octanol–water partition coefficient (Wildman–Crippen LogP) is -0.770. The number of sulfone groups is 1. The zero-order valence-electron chi connectivity index (χ0n) is 16.9. The first kappa shape index (κ1) is 25.2. The van der Waals surface area contributed by atoms with Crippen molar-refractivity contribution in [2.24, 2.45) is 5.92 Å². The Bertz CT molecular complexity index is 1140. The van der Waals surface area contributed by atoms with E-state index in [1.807, 2.05) is 0 Å². The summed E-state index contributed by atoms with van der Waals surface area (Å²) in [5.74, 6) is -0.954. The Morgan fingerprint density at radius 3 is 2.56 bits per heavy atom. The number of nitrogen functional groups attached to an aromatic ring is 1. The highest BCUT2D eigenvalue weighted by Gasteiger charge is 2.47. The summed E-state index contributed by atoms with van der Waals surface area (Å²) in [6.45, 7) is 2.40. The van der Waals surface area contributed by atoms with E-state index in [4.69, 9.17) is 26.8 Å². The van der Waals surface area contributed by atoms with E-state index >= 15 is 0 Å². The topological polar surface area (TPSA) is 220 Å². The Labute approximate surface area is 187 Å². The Kier molecular flexibility index (Phi) is 7.15. The lowest BCUT2D eigenvalue weighted by Crippen LogP contribution is -2.37. The lowest BCUT2D eigenvalue weighted by Gasteiger charge is -2.23. The van der Waals surface area contributed by atoms with Gasteiger partial charge in [-0.1, -0.05) is 13.8 Å². The number of halogens is 1. The number of hydrogen-bond acceptors (Lipinski definition) is 11. The van der Waals surface area contributed by atoms with Crippen LogP contribution in [0.15, 0.2) is 6.33 Å². The molecule has 3 rings (SSSR count). The third-order valence-corrected chi connectivity index (χ3v) is 9.12. The van der Waals surface area contributed by atoms with Gasteiger partial charge >= 0.3 is 7.60 Å². The summed E-state index contributed by atoms with van der Waals surface area (Å²) in [5, 5.41) is 18.2. The van der Waals surface area contributed by atoms with Gasteiger partial charge in [-0.05, 0) is 17.5 Å². The average molecular weight is 516 g/mol. The molecule has 0 spiro atoms. The van der Waals surface area contributed by atoms with Crippen molar-refractivity contribution in [2.45, 2.75) is 43.6 Å². The Hall–Kier alpha value is -1.42. The van der Waals surface area contributed by atoms with Crippen LogP contribution in [-0.2, 0) is 23.9 Å². The summed E-state index contributed by atoms with van der Waals surface area (Å²) < 4.78 is 48.4. The van der Waals surface area contributed by atoms with Crippen LogP contribution in [0.3, 0.4) is 0 Å². The van der Waals surface area contributed by atoms with Gasteiger partial charge in [0.1, 0.15) is 23.8 Å². The van der Waals surface area contributed by atoms with Crippen LogP contribution in [0.4, 0.5) is 5.82 Å². The normalized spacial score (nSPS) is 25.6. The zero-order chi connectivity index (χ0) is 24.0. The minimum atomic E-state index is -5.22. The molecule has 5 unspecified atom stereocenters. The van der Waals surface area contributed by atoms with Crippen molar-refractivity contribution >= 4 is 46.0 Å². The Balaban J connectivity index is 1.82. The highest BCUT2D eigenvalue weighted by Crippen LogP contribution is 2.46. The minimum Gasteiger partial charge on any atom is -0.387 e. The van der Waals surface area contributed by atoms with Crippen molar-refractivity contribution in [1.29, 1.82) is 0 Å². The molecule has 0 bridgehead atoms. The van der Waals surface area contributed by atoms with E-state index in [-0.39, 0.29) is 22.3 Å². The summed E-state index contributed by atoms with van der Waals surface area (Å²) in [4.78, 5) is 30.7. The van der Waals surface area contributed by atoms with Crippen molar-refractivity contribution < 1.29 is 42.5 Å². The molecule has 0 radical (unpaired) electrons. The smallest absolute Gasteiger partial charge is 0.369 e. The molecule has 0 aromatic carbocycles. The second-order valence-electron chi connectivity index (χ2n) is 7.70. The fourth-order valence-corrected chi connectivity index (χ4v) is 7.09. The average Bonchev–Trinajstić information content (AvgIpc) is 3.15. The molecule has 2 aromatic heterocycles. The van der Waals surface area contributed by atoms with Crippen LogP contribution in [-0.4, -0.2) is 83.8 Å². The van der Waals surface area contributed by atoms with Gasteiger partial charge in [-0.2, -0.15) is 9.97 Å². The molecular formula is C15H23ClN5O9PS. The summed E-state index contributed by atoms with van der Waals surface area (Å²) in [7, 11) is -9.57. The molecule has 32 heavy (non-hydrogen) atoms. The third kappa shape index (κ3) is 5.05. The predicted molar refractivity (Wildman–Crippen MR) is 111 cm³/mol.